The van der Waals surface area contributed by atoms with Crippen molar-refractivity contribution in [1.29, 1.82) is 0 Å². The van der Waals surface area contributed by atoms with Crippen LogP contribution in [0.3, 0.4) is 0 Å². The first-order valence-electron chi connectivity index (χ1n) is 23.5. The molecule has 0 spiro atoms. The van der Waals surface area contributed by atoms with Crippen LogP contribution < -0.4 is 0 Å². The fourth-order valence-corrected chi connectivity index (χ4v) is 10.7. The van der Waals surface area contributed by atoms with Gasteiger partial charge in [-0.15, -0.1) is 0 Å². The third kappa shape index (κ3) is 7.12. The van der Waals surface area contributed by atoms with Crippen LogP contribution in [-0.4, -0.2) is 0 Å². The maximum atomic E-state index is 2.30. The summed E-state index contributed by atoms with van der Waals surface area (Å²) in [7, 11) is 0. The number of rotatable bonds is 6. The predicted octanol–water partition coefficient (Wildman–Crippen LogP) is 19.1. The molecule has 0 radical (unpaired) electrons. The molecule has 13 aromatic carbocycles. The maximum Gasteiger partial charge on any atom is -0.000139 e. The summed E-state index contributed by atoms with van der Waals surface area (Å²) in [5.41, 5.74) is 15.2. The molecule has 0 N–H and O–H groups in total. The second-order valence-electron chi connectivity index (χ2n) is 17.4. The zero-order valence-corrected chi connectivity index (χ0v) is 37.6. The van der Waals surface area contributed by atoms with Crippen molar-refractivity contribution in [2.75, 3.05) is 0 Å². The second-order valence-corrected chi connectivity index (χ2v) is 17.4. The summed E-state index contributed by atoms with van der Waals surface area (Å²) in [4.78, 5) is 0. The van der Waals surface area contributed by atoms with Gasteiger partial charge in [-0.1, -0.05) is 279 Å². The van der Waals surface area contributed by atoms with Crippen molar-refractivity contribution in [3.8, 4) is 66.8 Å². The molecular weight excluding hydrogens is 817 g/mol. The lowest BCUT2D eigenvalue weighted by atomic mass is 9.77. The van der Waals surface area contributed by atoms with Gasteiger partial charge in [0, 0.05) is 0 Å². The highest BCUT2D eigenvalue weighted by Crippen LogP contribution is 2.53. The minimum Gasteiger partial charge on any atom is -0.0622 e. The number of hydrogen-bond donors (Lipinski definition) is 0. The largest absolute Gasteiger partial charge is 0.0622 e. The van der Waals surface area contributed by atoms with Gasteiger partial charge in [0.2, 0.25) is 0 Å². The van der Waals surface area contributed by atoms with E-state index in [1.807, 2.05) is 0 Å². The normalized spacial score (nSPS) is 11.2. The molecular formula is C68H46. The minimum absolute atomic E-state index is 1.23. The third-order valence-electron chi connectivity index (χ3n) is 13.5. The average Bonchev–Trinajstić information content (AvgIpc) is 3.42. The molecule has 0 atom stereocenters. The zero-order valence-electron chi connectivity index (χ0n) is 37.6. The highest BCUT2D eigenvalue weighted by molar-refractivity contribution is 6.34. The predicted molar refractivity (Wildman–Crippen MR) is 293 cm³/mol. The van der Waals surface area contributed by atoms with Crippen LogP contribution in [0.4, 0.5) is 0 Å². The van der Waals surface area contributed by atoms with Gasteiger partial charge in [-0.25, -0.2) is 0 Å². The van der Waals surface area contributed by atoms with Crippen LogP contribution in [0.15, 0.2) is 279 Å². The van der Waals surface area contributed by atoms with E-state index in [0.29, 0.717) is 0 Å². The van der Waals surface area contributed by atoms with E-state index in [9.17, 15) is 0 Å². The fraction of sp³-hybridized carbons (Fsp3) is 0. The molecule has 13 aromatic rings. The van der Waals surface area contributed by atoms with Crippen molar-refractivity contribution in [2.45, 2.75) is 0 Å². The van der Waals surface area contributed by atoms with Crippen LogP contribution in [-0.2, 0) is 0 Å². The van der Waals surface area contributed by atoms with Crippen molar-refractivity contribution in [3.63, 3.8) is 0 Å². The topological polar surface area (TPSA) is 0 Å². The van der Waals surface area contributed by atoms with Gasteiger partial charge >= 0.3 is 0 Å². The summed E-state index contributed by atoms with van der Waals surface area (Å²) in [6.45, 7) is 0. The van der Waals surface area contributed by atoms with E-state index in [1.54, 1.807) is 0 Å². The summed E-state index contributed by atoms with van der Waals surface area (Å²) >= 11 is 0. The minimum atomic E-state index is 1.23. The number of fused-ring (bicyclic) bond motifs is 5. The summed E-state index contributed by atoms with van der Waals surface area (Å²) in [6.07, 6.45) is 0. The van der Waals surface area contributed by atoms with Gasteiger partial charge in [0.25, 0.3) is 0 Å². The van der Waals surface area contributed by atoms with Gasteiger partial charge in [0.15, 0.2) is 0 Å². The Bertz CT molecular complexity index is 3430. The molecule has 0 aliphatic rings. The molecule has 0 amide bonds. The average molecular weight is 863 g/mol. The Morgan fingerprint density at radius 1 is 0.118 bits per heavy atom. The standard InChI is InChI=1S/C42H28.C26H18/c1-5-17-29(18-6-1)37-33-25-13-14-26-34(33)39(31-21-9-3-10-22-31)42-40(32-23-11-4-12-24-32)36-28-16-15-27-35(36)38(41(37)42)30-19-7-2-8-20-30;1-3-11-19(12-4-1)25-21-15-7-9-17-23(21)26(20-13-5-2-6-14-20)24-18-10-8-16-22(24)25/h1-28H;1-18H. The van der Waals surface area contributed by atoms with E-state index in [0.717, 1.165) is 0 Å². The van der Waals surface area contributed by atoms with Crippen molar-refractivity contribution < 1.29 is 0 Å². The molecule has 0 nitrogen and oxygen atoms in total. The summed E-state index contributed by atoms with van der Waals surface area (Å²) in [5.74, 6) is 0. The van der Waals surface area contributed by atoms with Crippen molar-refractivity contribution in [3.05, 3.63) is 279 Å². The summed E-state index contributed by atoms with van der Waals surface area (Å²) in [5, 5.41) is 12.9. The molecule has 0 aromatic heterocycles. The molecule has 0 heteroatoms. The van der Waals surface area contributed by atoms with Crippen molar-refractivity contribution >= 4 is 53.9 Å². The smallest absolute Gasteiger partial charge is 0.000139 e. The molecule has 0 saturated heterocycles. The first-order valence-corrected chi connectivity index (χ1v) is 23.5. The van der Waals surface area contributed by atoms with Gasteiger partial charge in [-0.3, -0.25) is 0 Å². The number of benzene rings is 13. The molecule has 0 aliphatic carbocycles. The van der Waals surface area contributed by atoms with E-state index in [4.69, 9.17) is 0 Å². The van der Waals surface area contributed by atoms with Gasteiger partial charge in [0.05, 0.1) is 0 Å². The zero-order chi connectivity index (χ0) is 45.2. The second kappa shape index (κ2) is 17.9. The van der Waals surface area contributed by atoms with Gasteiger partial charge < -0.3 is 0 Å². The van der Waals surface area contributed by atoms with Crippen LogP contribution in [0.2, 0.25) is 0 Å². The summed E-state index contributed by atoms with van der Waals surface area (Å²) < 4.78 is 0. The lowest BCUT2D eigenvalue weighted by Crippen LogP contribution is -1.97. The van der Waals surface area contributed by atoms with Crippen LogP contribution in [0.5, 0.6) is 0 Å². The quantitative estimate of drug-likeness (QED) is 0.146. The fourth-order valence-electron chi connectivity index (χ4n) is 10.7. The highest BCUT2D eigenvalue weighted by atomic mass is 14.3. The molecule has 0 saturated carbocycles. The van der Waals surface area contributed by atoms with Gasteiger partial charge in [-0.05, 0) is 121 Å². The van der Waals surface area contributed by atoms with Crippen LogP contribution in [0.1, 0.15) is 0 Å². The molecule has 0 fully saturated rings. The Kier molecular flexibility index (Phi) is 10.7. The Hall–Kier alpha value is -8.84. The monoisotopic (exact) mass is 862 g/mol. The highest BCUT2D eigenvalue weighted by Gasteiger charge is 2.25. The summed E-state index contributed by atoms with van der Waals surface area (Å²) in [6, 6.07) is 101. The first kappa shape index (κ1) is 40.7. The van der Waals surface area contributed by atoms with Crippen LogP contribution >= 0.6 is 0 Å². The van der Waals surface area contributed by atoms with E-state index in [2.05, 4.69) is 279 Å². The van der Waals surface area contributed by atoms with Crippen molar-refractivity contribution in [2.24, 2.45) is 0 Å². The molecule has 318 valence electrons. The van der Waals surface area contributed by atoms with Crippen LogP contribution in [0.25, 0.3) is 121 Å². The Balaban J connectivity index is 0.000000158. The molecule has 0 unspecified atom stereocenters. The van der Waals surface area contributed by atoms with E-state index in [-0.39, 0.29) is 0 Å². The lowest BCUT2D eigenvalue weighted by Gasteiger charge is -2.25. The Morgan fingerprint density at radius 2 is 0.250 bits per heavy atom. The maximum absolute atomic E-state index is 2.30. The van der Waals surface area contributed by atoms with E-state index in [1.165, 1.54) is 121 Å². The third-order valence-corrected chi connectivity index (χ3v) is 13.5. The van der Waals surface area contributed by atoms with Crippen LogP contribution in [0, 0.1) is 0 Å². The van der Waals surface area contributed by atoms with E-state index >= 15 is 0 Å². The lowest BCUT2D eigenvalue weighted by molar-refractivity contribution is 1.63. The van der Waals surface area contributed by atoms with E-state index < -0.39 is 0 Å². The van der Waals surface area contributed by atoms with Crippen molar-refractivity contribution in [1.82, 2.24) is 0 Å². The molecule has 0 heterocycles. The van der Waals surface area contributed by atoms with Gasteiger partial charge in [0.1, 0.15) is 0 Å². The SMILES string of the molecule is c1ccc(-c2c3ccccc3c(-c3ccccc3)c3c(-c4ccccc4)c4ccccc4c(-c4ccccc4)c23)cc1.c1ccc(-c2c3ccccc3c(-c3ccccc3)c3ccccc23)cc1. The van der Waals surface area contributed by atoms with Gasteiger partial charge in [-0.2, -0.15) is 0 Å². The number of hydrogen-bond acceptors (Lipinski definition) is 0. The first-order chi connectivity index (χ1) is 33.8. The molecule has 13 rings (SSSR count). The molecule has 0 aliphatic heterocycles. The molecule has 68 heavy (non-hydrogen) atoms. The Morgan fingerprint density at radius 3 is 0.426 bits per heavy atom. The Labute approximate surface area is 397 Å². The molecule has 0 bridgehead atoms.